The van der Waals surface area contributed by atoms with Crippen molar-refractivity contribution in [3.05, 3.63) is 59.1 Å². The number of nitrogens with one attached hydrogen (secondary N) is 1. The standard InChI is InChI=1S/C15H11F3N4O3/c16-15(17,18)25-11-5-3-4-10(8-11)19-13(23)9-22-14(24)21-7-2-1-6-12(21)20-22/h1-8H,9H2,(H,19,23). The smallest absolute Gasteiger partial charge is 0.406 e. The highest BCUT2D eigenvalue weighted by Crippen LogP contribution is 2.24. The van der Waals surface area contributed by atoms with Crippen LogP contribution in [0.5, 0.6) is 5.75 Å². The number of ether oxygens (including phenoxy) is 1. The van der Waals surface area contributed by atoms with Crippen LogP contribution in [0.25, 0.3) is 5.65 Å². The highest BCUT2D eigenvalue weighted by Gasteiger charge is 2.31. The molecule has 0 fully saturated rings. The molecule has 10 heteroatoms. The second-order valence-corrected chi connectivity index (χ2v) is 4.99. The third-order valence-electron chi connectivity index (χ3n) is 3.13. The summed E-state index contributed by atoms with van der Waals surface area (Å²) in [5.74, 6) is -1.08. The van der Waals surface area contributed by atoms with Gasteiger partial charge >= 0.3 is 12.1 Å². The van der Waals surface area contributed by atoms with Crippen LogP contribution < -0.4 is 15.7 Å². The van der Waals surface area contributed by atoms with Crippen molar-refractivity contribution in [3.8, 4) is 5.75 Å². The van der Waals surface area contributed by atoms with Gasteiger partial charge in [0.1, 0.15) is 12.3 Å². The van der Waals surface area contributed by atoms with Gasteiger partial charge in [0.05, 0.1) is 0 Å². The fraction of sp³-hybridized carbons (Fsp3) is 0.133. The van der Waals surface area contributed by atoms with Crippen molar-refractivity contribution in [2.45, 2.75) is 12.9 Å². The molecule has 0 saturated heterocycles. The molecular weight excluding hydrogens is 341 g/mol. The molecule has 0 unspecified atom stereocenters. The number of carbonyl (C=O) groups excluding carboxylic acids is 1. The molecule has 1 N–H and O–H groups in total. The van der Waals surface area contributed by atoms with Crippen LogP contribution in [0.3, 0.4) is 0 Å². The van der Waals surface area contributed by atoms with E-state index in [2.05, 4.69) is 15.2 Å². The number of carbonyl (C=O) groups is 1. The zero-order chi connectivity index (χ0) is 18.0. The molecule has 1 amide bonds. The number of nitrogens with zero attached hydrogens (tertiary/aromatic N) is 3. The SMILES string of the molecule is O=C(Cn1nc2ccccn2c1=O)Nc1cccc(OC(F)(F)F)c1. The number of hydrogen-bond acceptors (Lipinski definition) is 4. The molecule has 0 aliphatic heterocycles. The Morgan fingerprint density at radius 3 is 2.72 bits per heavy atom. The lowest BCUT2D eigenvalue weighted by molar-refractivity contribution is -0.274. The van der Waals surface area contributed by atoms with E-state index in [1.165, 1.54) is 22.7 Å². The lowest BCUT2D eigenvalue weighted by atomic mass is 10.3. The van der Waals surface area contributed by atoms with Crippen molar-refractivity contribution < 1.29 is 22.7 Å². The summed E-state index contributed by atoms with van der Waals surface area (Å²) in [5, 5.41) is 6.39. The maximum atomic E-state index is 12.2. The highest BCUT2D eigenvalue weighted by atomic mass is 19.4. The van der Waals surface area contributed by atoms with Gasteiger partial charge in [0.25, 0.3) is 0 Å². The Hall–Kier alpha value is -3.30. The minimum absolute atomic E-state index is 0.101. The zero-order valence-electron chi connectivity index (χ0n) is 12.5. The van der Waals surface area contributed by atoms with E-state index in [1.54, 1.807) is 18.2 Å². The number of halogens is 3. The maximum Gasteiger partial charge on any atom is 0.573 e. The first-order valence-corrected chi connectivity index (χ1v) is 7.02. The Bertz CT molecular complexity index is 978. The highest BCUT2D eigenvalue weighted by molar-refractivity contribution is 5.90. The second-order valence-electron chi connectivity index (χ2n) is 4.99. The van der Waals surface area contributed by atoms with E-state index in [1.807, 2.05) is 0 Å². The molecule has 0 spiro atoms. The predicted molar refractivity (Wildman–Crippen MR) is 81.2 cm³/mol. The van der Waals surface area contributed by atoms with Crippen molar-refractivity contribution >= 4 is 17.2 Å². The molecule has 0 atom stereocenters. The first kappa shape index (κ1) is 16.6. The van der Waals surface area contributed by atoms with Crippen LogP contribution in [-0.4, -0.2) is 26.5 Å². The van der Waals surface area contributed by atoms with Crippen LogP contribution in [0.1, 0.15) is 0 Å². The average Bonchev–Trinajstić information content (AvgIpc) is 2.82. The largest absolute Gasteiger partial charge is 0.573 e. The number of rotatable bonds is 4. The van der Waals surface area contributed by atoms with Crippen LogP contribution >= 0.6 is 0 Å². The quantitative estimate of drug-likeness (QED) is 0.779. The lowest BCUT2D eigenvalue weighted by Gasteiger charge is -2.10. The molecule has 7 nitrogen and oxygen atoms in total. The van der Waals surface area contributed by atoms with Crippen LogP contribution in [0.15, 0.2) is 53.5 Å². The summed E-state index contributed by atoms with van der Waals surface area (Å²) in [4.78, 5) is 24.1. The van der Waals surface area contributed by atoms with Gasteiger partial charge in [0.2, 0.25) is 5.91 Å². The number of pyridine rings is 1. The number of anilines is 1. The Morgan fingerprint density at radius 1 is 1.20 bits per heavy atom. The monoisotopic (exact) mass is 352 g/mol. The third-order valence-corrected chi connectivity index (χ3v) is 3.13. The van der Waals surface area contributed by atoms with E-state index in [9.17, 15) is 22.8 Å². The van der Waals surface area contributed by atoms with Gasteiger partial charge in [0.15, 0.2) is 5.65 Å². The molecule has 130 valence electrons. The zero-order valence-corrected chi connectivity index (χ0v) is 12.5. The molecule has 25 heavy (non-hydrogen) atoms. The number of fused-ring (bicyclic) bond motifs is 1. The molecule has 3 aromatic rings. The van der Waals surface area contributed by atoms with Crippen LogP contribution in [-0.2, 0) is 11.3 Å². The summed E-state index contributed by atoms with van der Waals surface area (Å²) in [6.07, 6.45) is -3.32. The Labute approximate surface area is 138 Å². The predicted octanol–water partition coefficient (Wildman–Crippen LogP) is 2.03. The molecule has 0 aliphatic carbocycles. The number of aromatic nitrogens is 3. The van der Waals surface area contributed by atoms with Gasteiger partial charge in [-0.15, -0.1) is 18.3 Å². The summed E-state index contributed by atoms with van der Waals surface area (Å²) in [6.45, 7) is -0.384. The van der Waals surface area contributed by atoms with Crippen molar-refractivity contribution in [1.29, 1.82) is 0 Å². The summed E-state index contributed by atoms with van der Waals surface area (Å²) >= 11 is 0. The van der Waals surface area contributed by atoms with Crippen LogP contribution in [0.2, 0.25) is 0 Å². The molecular formula is C15H11F3N4O3. The van der Waals surface area contributed by atoms with E-state index < -0.39 is 23.7 Å². The van der Waals surface area contributed by atoms with E-state index in [0.717, 1.165) is 16.8 Å². The summed E-state index contributed by atoms with van der Waals surface area (Å²) < 4.78 is 42.6. The maximum absolute atomic E-state index is 12.2. The molecule has 0 aliphatic rings. The van der Waals surface area contributed by atoms with Crippen LogP contribution in [0, 0.1) is 0 Å². The van der Waals surface area contributed by atoms with E-state index in [-0.39, 0.29) is 12.2 Å². The Balaban J connectivity index is 1.73. The van der Waals surface area contributed by atoms with Crippen LogP contribution in [0.4, 0.5) is 18.9 Å². The van der Waals surface area contributed by atoms with E-state index >= 15 is 0 Å². The normalized spacial score (nSPS) is 11.5. The first-order chi connectivity index (χ1) is 11.8. The second kappa shape index (κ2) is 6.30. The minimum atomic E-state index is -4.83. The van der Waals surface area contributed by atoms with Gasteiger partial charge < -0.3 is 10.1 Å². The van der Waals surface area contributed by atoms with Crippen molar-refractivity contribution in [2.75, 3.05) is 5.32 Å². The lowest BCUT2D eigenvalue weighted by Crippen LogP contribution is -2.28. The van der Waals surface area contributed by atoms with E-state index in [0.29, 0.717) is 5.65 Å². The molecule has 2 aromatic heterocycles. The third kappa shape index (κ3) is 3.97. The molecule has 2 heterocycles. The molecule has 0 radical (unpaired) electrons. The first-order valence-electron chi connectivity index (χ1n) is 7.02. The summed E-state index contributed by atoms with van der Waals surface area (Å²) in [5.41, 5.74) is -0.0238. The van der Waals surface area contributed by atoms with Gasteiger partial charge in [-0.05, 0) is 24.3 Å². The minimum Gasteiger partial charge on any atom is -0.406 e. The van der Waals surface area contributed by atoms with Gasteiger partial charge in [-0.3, -0.25) is 9.20 Å². The molecule has 0 saturated carbocycles. The number of alkyl halides is 3. The average molecular weight is 352 g/mol. The Kier molecular flexibility index (Phi) is 4.17. The van der Waals surface area contributed by atoms with E-state index in [4.69, 9.17) is 0 Å². The van der Waals surface area contributed by atoms with Crippen molar-refractivity contribution in [2.24, 2.45) is 0 Å². The van der Waals surface area contributed by atoms with Gasteiger partial charge in [-0.2, -0.15) is 0 Å². The molecule has 3 rings (SSSR count). The number of amides is 1. The van der Waals surface area contributed by atoms with Gasteiger partial charge in [-0.1, -0.05) is 12.1 Å². The van der Waals surface area contributed by atoms with Gasteiger partial charge in [-0.25, -0.2) is 9.48 Å². The number of hydrogen-bond donors (Lipinski definition) is 1. The summed E-state index contributed by atoms with van der Waals surface area (Å²) in [6, 6.07) is 9.77. The topological polar surface area (TPSA) is 77.6 Å². The Morgan fingerprint density at radius 2 is 2.00 bits per heavy atom. The van der Waals surface area contributed by atoms with Crippen molar-refractivity contribution in [3.63, 3.8) is 0 Å². The summed E-state index contributed by atoms with van der Waals surface area (Å²) in [7, 11) is 0. The molecule has 1 aromatic carbocycles. The van der Waals surface area contributed by atoms with Gasteiger partial charge in [0, 0.05) is 18.0 Å². The fourth-order valence-electron chi connectivity index (χ4n) is 2.18. The number of benzene rings is 1. The fourth-order valence-corrected chi connectivity index (χ4v) is 2.18. The van der Waals surface area contributed by atoms with Crippen molar-refractivity contribution in [1.82, 2.24) is 14.2 Å². The molecule has 0 bridgehead atoms.